The maximum absolute atomic E-state index is 11.7. The summed E-state index contributed by atoms with van der Waals surface area (Å²) in [5.41, 5.74) is 0. The molecule has 0 saturated heterocycles. The molecule has 0 fully saturated rings. The van der Waals surface area contributed by atoms with Crippen LogP contribution < -0.4 is 10.1 Å². The van der Waals surface area contributed by atoms with Gasteiger partial charge in [0.25, 0.3) is 0 Å². The van der Waals surface area contributed by atoms with Crippen molar-refractivity contribution in [1.82, 2.24) is 19.9 Å². The molecule has 1 aromatic heterocycles. The lowest BCUT2D eigenvalue weighted by Gasteiger charge is -2.18. The number of carbonyl (C=O) groups excluding carboxylic acids is 1. The normalized spacial score (nSPS) is 10.0. The second-order valence-electron chi connectivity index (χ2n) is 3.33. The third-order valence-corrected chi connectivity index (χ3v) is 2.45. The highest BCUT2D eigenvalue weighted by molar-refractivity contribution is 6.28. The first-order chi connectivity index (χ1) is 8.60. The number of hydrogen-bond donors (Lipinski definition) is 1. The summed E-state index contributed by atoms with van der Waals surface area (Å²) >= 11 is 5.68. The molecule has 0 radical (unpaired) electrons. The van der Waals surface area contributed by atoms with Gasteiger partial charge in [0, 0.05) is 13.1 Å². The number of methoxy groups -OCH3 is 1. The fraction of sp³-hybridized carbons (Fsp3) is 0.600. The molecule has 0 aliphatic rings. The first-order valence-corrected chi connectivity index (χ1v) is 5.95. The van der Waals surface area contributed by atoms with E-state index in [1.54, 1.807) is 4.90 Å². The fourth-order valence-corrected chi connectivity index (χ4v) is 1.50. The number of nitrogens with one attached hydrogen (secondary N) is 1. The lowest BCUT2D eigenvalue weighted by molar-refractivity contribution is -0.128. The zero-order valence-corrected chi connectivity index (χ0v) is 11.4. The minimum absolute atomic E-state index is 0.0136. The van der Waals surface area contributed by atoms with Crippen LogP contribution in [0.25, 0.3) is 0 Å². The van der Waals surface area contributed by atoms with Crippen LogP contribution in [0.1, 0.15) is 13.8 Å². The van der Waals surface area contributed by atoms with Gasteiger partial charge in [0.1, 0.15) is 0 Å². The van der Waals surface area contributed by atoms with Gasteiger partial charge >= 0.3 is 6.01 Å². The molecular weight excluding hydrogens is 258 g/mol. The van der Waals surface area contributed by atoms with Crippen molar-refractivity contribution in [3.8, 4) is 6.01 Å². The zero-order valence-electron chi connectivity index (χ0n) is 10.6. The Morgan fingerprint density at radius 3 is 2.56 bits per heavy atom. The third-order valence-electron chi connectivity index (χ3n) is 2.28. The van der Waals surface area contributed by atoms with Crippen molar-refractivity contribution in [1.29, 1.82) is 0 Å². The second kappa shape index (κ2) is 6.95. The molecule has 1 rings (SSSR count). The molecule has 0 spiro atoms. The van der Waals surface area contributed by atoms with E-state index in [-0.39, 0.29) is 29.7 Å². The molecule has 18 heavy (non-hydrogen) atoms. The second-order valence-corrected chi connectivity index (χ2v) is 3.67. The highest BCUT2D eigenvalue weighted by atomic mass is 35.5. The van der Waals surface area contributed by atoms with E-state index in [0.717, 1.165) is 0 Å². The standard InChI is InChI=1S/C10H16ClN5O2/c1-4-16(5-2)7(17)6-12-9-13-8(11)14-10(15-9)18-3/h4-6H2,1-3H3,(H,12,13,14,15). The molecule has 0 atom stereocenters. The van der Waals surface area contributed by atoms with Crippen LogP contribution in [0, 0.1) is 0 Å². The number of aromatic nitrogens is 3. The number of halogens is 1. The van der Waals surface area contributed by atoms with Gasteiger partial charge in [0.15, 0.2) is 0 Å². The zero-order chi connectivity index (χ0) is 13.5. The van der Waals surface area contributed by atoms with Crippen LogP contribution in [0.15, 0.2) is 0 Å². The van der Waals surface area contributed by atoms with Crippen molar-refractivity contribution < 1.29 is 9.53 Å². The van der Waals surface area contributed by atoms with E-state index in [0.29, 0.717) is 13.1 Å². The van der Waals surface area contributed by atoms with Crippen molar-refractivity contribution in [2.75, 3.05) is 32.1 Å². The van der Waals surface area contributed by atoms with Crippen molar-refractivity contribution in [2.24, 2.45) is 0 Å². The van der Waals surface area contributed by atoms with E-state index >= 15 is 0 Å². The summed E-state index contributed by atoms with van der Waals surface area (Å²) in [6.07, 6.45) is 0. The van der Waals surface area contributed by atoms with E-state index in [4.69, 9.17) is 16.3 Å². The number of ether oxygens (including phenoxy) is 1. The van der Waals surface area contributed by atoms with Gasteiger partial charge in [-0.2, -0.15) is 15.0 Å². The number of likely N-dealkylation sites (N-methyl/N-ethyl adjacent to an activating group) is 1. The van der Waals surface area contributed by atoms with Crippen LogP contribution in [0.4, 0.5) is 5.95 Å². The molecule has 1 heterocycles. The smallest absolute Gasteiger partial charge is 0.322 e. The summed E-state index contributed by atoms with van der Waals surface area (Å²) in [5.74, 6) is 0.183. The van der Waals surface area contributed by atoms with Crippen molar-refractivity contribution >= 4 is 23.5 Å². The fourth-order valence-electron chi connectivity index (χ4n) is 1.35. The van der Waals surface area contributed by atoms with E-state index < -0.39 is 0 Å². The number of hydrogen-bond acceptors (Lipinski definition) is 6. The molecule has 8 heteroatoms. The lowest BCUT2D eigenvalue weighted by atomic mass is 10.4. The third kappa shape index (κ3) is 3.99. The molecule has 0 aromatic carbocycles. The monoisotopic (exact) mass is 273 g/mol. The summed E-state index contributed by atoms with van der Waals surface area (Å²) < 4.78 is 4.85. The van der Waals surface area contributed by atoms with Crippen LogP contribution in [0.5, 0.6) is 6.01 Å². The topological polar surface area (TPSA) is 80.2 Å². The molecule has 0 bridgehead atoms. The molecule has 7 nitrogen and oxygen atoms in total. The van der Waals surface area contributed by atoms with Gasteiger partial charge in [-0.05, 0) is 25.4 Å². The lowest BCUT2D eigenvalue weighted by Crippen LogP contribution is -2.35. The number of nitrogens with zero attached hydrogens (tertiary/aromatic N) is 4. The summed E-state index contributed by atoms with van der Waals surface area (Å²) in [4.78, 5) is 25.0. The first-order valence-electron chi connectivity index (χ1n) is 5.57. The molecule has 1 N–H and O–H groups in total. The Balaban J connectivity index is 2.63. The minimum Gasteiger partial charge on any atom is -0.467 e. The predicted octanol–water partition coefficient (Wildman–Crippen LogP) is 0.814. The van der Waals surface area contributed by atoms with E-state index in [1.807, 2.05) is 13.8 Å². The Labute approximate surface area is 111 Å². The molecule has 100 valence electrons. The number of anilines is 1. The summed E-state index contributed by atoms with van der Waals surface area (Å²) in [7, 11) is 1.43. The molecule has 1 aromatic rings. The summed E-state index contributed by atoms with van der Waals surface area (Å²) in [6.45, 7) is 5.27. The van der Waals surface area contributed by atoms with Gasteiger partial charge in [-0.1, -0.05) is 0 Å². The predicted molar refractivity (Wildman–Crippen MR) is 67.8 cm³/mol. The van der Waals surface area contributed by atoms with Crippen molar-refractivity contribution in [2.45, 2.75) is 13.8 Å². The molecule has 0 saturated carbocycles. The first kappa shape index (κ1) is 14.4. The largest absolute Gasteiger partial charge is 0.467 e. The van der Waals surface area contributed by atoms with Crippen LogP contribution >= 0.6 is 11.6 Å². The SMILES string of the molecule is CCN(CC)C(=O)CNc1nc(Cl)nc(OC)n1. The molecule has 0 aliphatic carbocycles. The Morgan fingerprint density at radius 2 is 2.00 bits per heavy atom. The quantitative estimate of drug-likeness (QED) is 0.826. The van der Waals surface area contributed by atoms with Crippen LogP contribution in [-0.4, -0.2) is 52.5 Å². The van der Waals surface area contributed by atoms with Gasteiger partial charge in [0.2, 0.25) is 17.1 Å². The number of amides is 1. The number of carbonyl (C=O) groups is 1. The number of rotatable bonds is 6. The maximum Gasteiger partial charge on any atom is 0.322 e. The van der Waals surface area contributed by atoms with Crippen molar-refractivity contribution in [3.63, 3.8) is 0 Å². The van der Waals surface area contributed by atoms with Crippen LogP contribution in [0.3, 0.4) is 0 Å². The van der Waals surface area contributed by atoms with E-state index in [1.165, 1.54) is 7.11 Å². The van der Waals surface area contributed by atoms with Gasteiger partial charge in [0.05, 0.1) is 13.7 Å². The van der Waals surface area contributed by atoms with Gasteiger partial charge in [-0.15, -0.1) is 0 Å². The Morgan fingerprint density at radius 1 is 1.33 bits per heavy atom. The van der Waals surface area contributed by atoms with E-state index in [2.05, 4.69) is 20.3 Å². The Bertz CT molecular complexity index is 411. The maximum atomic E-state index is 11.7. The highest BCUT2D eigenvalue weighted by Gasteiger charge is 2.11. The minimum atomic E-state index is -0.0319. The van der Waals surface area contributed by atoms with Gasteiger partial charge < -0.3 is 15.0 Å². The van der Waals surface area contributed by atoms with Crippen LogP contribution in [0.2, 0.25) is 5.28 Å². The summed E-state index contributed by atoms with van der Waals surface area (Å²) in [6, 6.07) is 0.104. The van der Waals surface area contributed by atoms with Gasteiger partial charge in [-0.3, -0.25) is 4.79 Å². The van der Waals surface area contributed by atoms with E-state index in [9.17, 15) is 4.79 Å². The molecular formula is C10H16ClN5O2. The highest BCUT2D eigenvalue weighted by Crippen LogP contribution is 2.10. The average Bonchev–Trinajstić information content (AvgIpc) is 2.37. The summed E-state index contributed by atoms with van der Waals surface area (Å²) in [5, 5.41) is 2.80. The van der Waals surface area contributed by atoms with Crippen LogP contribution in [-0.2, 0) is 4.79 Å². The molecule has 0 unspecified atom stereocenters. The average molecular weight is 274 g/mol. The molecule has 1 amide bonds. The van der Waals surface area contributed by atoms with Crippen molar-refractivity contribution in [3.05, 3.63) is 5.28 Å². The Hall–Kier alpha value is -1.63. The molecule has 0 aliphatic heterocycles. The van der Waals surface area contributed by atoms with Gasteiger partial charge in [-0.25, -0.2) is 0 Å². The Kier molecular flexibility index (Phi) is 5.57.